The van der Waals surface area contributed by atoms with Gasteiger partial charge in [-0.15, -0.1) is 0 Å². The second kappa shape index (κ2) is 18.3. The molecule has 0 saturated carbocycles. The van der Waals surface area contributed by atoms with Crippen LogP contribution in [-0.2, 0) is 38.1 Å². The van der Waals surface area contributed by atoms with E-state index in [1.165, 1.54) is 0 Å². The van der Waals surface area contributed by atoms with E-state index < -0.39 is 29.0 Å². The minimum Gasteiger partial charge on any atom is -0.360 e. The monoisotopic (exact) mass is 468 g/mol. The summed E-state index contributed by atoms with van der Waals surface area (Å²) in [5.41, 5.74) is -0.949. The topological polar surface area (TPSA) is 153 Å². The van der Waals surface area contributed by atoms with E-state index in [1.54, 1.807) is 0 Å². The Morgan fingerprint density at radius 2 is 0.727 bits per heavy atom. The van der Waals surface area contributed by atoms with Crippen LogP contribution in [0.5, 0.6) is 0 Å². The van der Waals surface area contributed by atoms with Crippen LogP contribution in [0.1, 0.15) is 0 Å². The lowest BCUT2D eigenvalue weighted by atomic mass is 9.92. The fourth-order valence-electron chi connectivity index (χ4n) is 2.10. The van der Waals surface area contributed by atoms with Crippen molar-refractivity contribution in [1.29, 1.82) is 0 Å². The van der Waals surface area contributed by atoms with Crippen molar-refractivity contribution < 1.29 is 38.1 Å². The summed E-state index contributed by atoms with van der Waals surface area (Å²) in [6.07, 6.45) is 4.38. The minimum atomic E-state index is -0.949. The zero-order chi connectivity index (χ0) is 25.0. The maximum atomic E-state index is 11.3. The van der Waals surface area contributed by atoms with Crippen LogP contribution < -0.4 is 21.3 Å². The predicted octanol–water partition coefficient (Wildman–Crippen LogP) is -0.922. The largest absolute Gasteiger partial charge is 0.360 e. The first-order chi connectivity index (χ1) is 15.8. The van der Waals surface area contributed by atoms with E-state index in [1.807, 2.05) is 0 Å². The molecule has 0 heterocycles. The fourth-order valence-corrected chi connectivity index (χ4v) is 2.10. The molecule has 0 saturated heterocycles. The second-order valence-corrected chi connectivity index (χ2v) is 6.45. The van der Waals surface area contributed by atoms with Gasteiger partial charge in [0.1, 0.15) is 26.9 Å². The third-order valence-electron chi connectivity index (χ3n) is 3.77. The van der Waals surface area contributed by atoms with Crippen molar-refractivity contribution in [3.05, 3.63) is 50.6 Å². The highest BCUT2D eigenvalue weighted by Gasteiger charge is 2.33. The summed E-state index contributed by atoms with van der Waals surface area (Å²) in [4.78, 5) is 45.3. The third-order valence-corrected chi connectivity index (χ3v) is 3.77. The summed E-state index contributed by atoms with van der Waals surface area (Å²) in [5.74, 6) is -1.68. The van der Waals surface area contributed by atoms with E-state index in [4.69, 9.17) is 18.9 Å². The number of carbonyl (C=O) groups excluding carboxylic acids is 4. The smallest absolute Gasteiger partial charge is 0.245 e. The lowest BCUT2D eigenvalue weighted by Gasteiger charge is -2.33. The first kappa shape index (κ1) is 29.7. The molecule has 0 unspecified atom stereocenters. The zero-order valence-corrected chi connectivity index (χ0v) is 18.6. The highest BCUT2D eigenvalue weighted by molar-refractivity contribution is 5.87. The summed E-state index contributed by atoms with van der Waals surface area (Å²) in [5, 5.41) is 9.87. The number of hydrogen-bond acceptors (Lipinski definition) is 8. The van der Waals surface area contributed by atoms with E-state index in [9.17, 15) is 19.2 Å². The second-order valence-electron chi connectivity index (χ2n) is 6.45. The van der Waals surface area contributed by atoms with E-state index >= 15 is 0 Å². The normalized spacial score (nSPS) is 10.4. The van der Waals surface area contributed by atoms with Crippen LogP contribution >= 0.6 is 0 Å². The van der Waals surface area contributed by atoms with Crippen LogP contribution in [-0.4, -0.2) is 77.0 Å². The average molecular weight is 469 g/mol. The molecule has 0 spiro atoms. The molecule has 0 fully saturated rings. The Hall–Kier alpha value is -3.32. The molecule has 0 aromatic rings. The molecule has 12 heteroatoms. The van der Waals surface area contributed by atoms with Gasteiger partial charge in [-0.1, -0.05) is 26.3 Å². The van der Waals surface area contributed by atoms with Crippen molar-refractivity contribution in [3.63, 3.8) is 0 Å². The Morgan fingerprint density at radius 1 is 0.515 bits per heavy atom. The zero-order valence-electron chi connectivity index (χ0n) is 18.6. The summed E-state index contributed by atoms with van der Waals surface area (Å²) in [6.45, 7) is 12.9. The standard InChI is InChI=1S/C21H32N4O8/c1-5-17(26)22-13-30-9-21(10-31-14-23-18(27)6-2,11-32-15-24-19(28)7-3)12-33-16-25-20(29)8-4/h5-8H,1-4,9-16H2,(H,22,26)(H,23,27)(H,24,28)(H,25,29). The first-order valence-electron chi connectivity index (χ1n) is 9.74. The molecule has 0 aromatic heterocycles. The van der Waals surface area contributed by atoms with Gasteiger partial charge in [-0.05, 0) is 24.3 Å². The van der Waals surface area contributed by atoms with Crippen LogP contribution in [0.15, 0.2) is 50.6 Å². The van der Waals surface area contributed by atoms with Gasteiger partial charge in [0.2, 0.25) is 23.6 Å². The number of nitrogens with one attached hydrogen (secondary N) is 4. The van der Waals surface area contributed by atoms with Crippen molar-refractivity contribution in [2.45, 2.75) is 0 Å². The fraction of sp³-hybridized carbons (Fsp3) is 0.429. The molecule has 0 aliphatic rings. The number of hydrogen-bond donors (Lipinski definition) is 4. The molecule has 184 valence electrons. The SMILES string of the molecule is C=CC(=O)NCOCC(COCNC(=O)C=C)(COCNC(=O)C=C)COCNC(=O)C=C. The van der Waals surface area contributed by atoms with Crippen molar-refractivity contribution >= 4 is 23.6 Å². The first-order valence-corrected chi connectivity index (χ1v) is 9.74. The molecule has 0 aromatic carbocycles. The molecule has 0 aliphatic heterocycles. The molecule has 0 atom stereocenters. The van der Waals surface area contributed by atoms with Crippen molar-refractivity contribution in [3.8, 4) is 0 Å². The van der Waals surface area contributed by atoms with Crippen molar-refractivity contribution in [2.75, 3.05) is 53.4 Å². The van der Waals surface area contributed by atoms with Gasteiger partial charge in [0, 0.05) is 0 Å². The molecule has 0 rings (SSSR count). The lowest BCUT2D eigenvalue weighted by Crippen LogP contribution is -2.45. The summed E-state index contributed by atoms with van der Waals surface area (Å²) in [6, 6.07) is 0. The van der Waals surface area contributed by atoms with Gasteiger partial charge in [0.05, 0.1) is 31.8 Å². The molecule has 33 heavy (non-hydrogen) atoms. The molecular weight excluding hydrogens is 436 g/mol. The highest BCUT2D eigenvalue weighted by atomic mass is 16.5. The van der Waals surface area contributed by atoms with Gasteiger partial charge in [0.25, 0.3) is 0 Å². The van der Waals surface area contributed by atoms with Gasteiger partial charge >= 0.3 is 0 Å². The Kier molecular flexibility index (Phi) is 16.4. The van der Waals surface area contributed by atoms with Crippen LogP contribution in [0.4, 0.5) is 0 Å². The molecule has 0 radical (unpaired) electrons. The Balaban J connectivity index is 5.15. The molecule has 0 aliphatic carbocycles. The summed E-state index contributed by atoms with van der Waals surface area (Å²) < 4.78 is 22.2. The number of rotatable bonds is 20. The number of ether oxygens (including phenoxy) is 4. The van der Waals surface area contributed by atoms with E-state index in [0.717, 1.165) is 24.3 Å². The van der Waals surface area contributed by atoms with Gasteiger partial charge in [-0.25, -0.2) is 0 Å². The van der Waals surface area contributed by atoms with Crippen LogP contribution in [0.3, 0.4) is 0 Å². The van der Waals surface area contributed by atoms with Gasteiger partial charge in [-0.2, -0.15) is 0 Å². The quantitative estimate of drug-likeness (QED) is 0.102. The van der Waals surface area contributed by atoms with E-state index in [-0.39, 0.29) is 53.4 Å². The Bertz CT molecular complexity index is 578. The van der Waals surface area contributed by atoms with E-state index in [2.05, 4.69) is 47.6 Å². The maximum Gasteiger partial charge on any atom is 0.245 e. The Morgan fingerprint density at radius 3 is 0.909 bits per heavy atom. The predicted molar refractivity (Wildman–Crippen MR) is 119 cm³/mol. The van der Waals surface area contributed by atoms with Crippen LogP contribution in [0.25, 0.3) is 0 Å². The van der Waals surface area contributed by atoms with Crippen molar-refractivity contribution in [1.82, 2.24) is 21.3 Å². The van der Waals surface area contributed by atoms with Crippen LogP contribution in [0, 0.1) is 5.41 Å². The summed E-state index contributed by atoms with van der Waals surface area (Å²) >= 11 is 0. The molecule has 12 nitrogen and oxygen atoms in total. The lowest BCUT2D eigenvalue weighted by molar-refractivity contribution is -0.130. The molecule has 4 amide bonds. The maximum absolute atomic E-state index is 11.3. The Labute approximate surface area is 193 Å². The third kappa shape index (κ3) is 15.2. The van der Waals surface area contributed by atoms with Gasteiger partial charge < -0.3 is 40.2 Å². The van der Waals surface area contributed by atoms with Gasteiger partial charge in [-0.3, -0.25) is 19.2 Å². The van der Waals surface area contributed by atoms with E-state index in [0.29, 0.717) is 0 Å². The van der Waals surface area contributed by atoms with Crippen molar-refractivity contribution in [2.24, 2.45) is 5.41 Å². The molecule has 0 bridgehead atoms. The van der Waals surface area contributed by atoms with Gasteiger partial charge in [0.15, 0.2) is 0 Å². The number of carbonyl (C=O) groups is 4. The number of amides is 4. The summed E-state index contributed by atoms with van der Waals surface area (Å²) in [7, 11) is 0. The van der Waals surface area contributed by atoms with Crippen LogP contribution in [0.2, 0.25) is 0 Å². The minimum absolute atomic E-state index is 0.00929. The highest BCUT2D eigenvalue weighted by Crippen LogP contribution is 2.20. The average Bonchev–Trinajstić information content (AvgIpc) is 2.83. The molecular formula is C21H32N4O8. The molecule has 4 N–H and O–H groups in total.